The van der Waals surface area contributed by atoms with Crippen molar-refractivity contribution < 1.29 is 9.90 Å². The van der Waals surface area contributed by atoms with Crippen molar-refractivity contribution in [2.75, 3.05) is 0 Å². The molecule has 19 heavy (non-hydrogen) atoms. The summed E-state index contributed by atoms with van der Waals surface area (Å²) in [7, 11) is 0. The van der Waals surface area contributed by atoms with E-state index in [1.807, 2.05) is 48.0 Å². The second-order valence-electron chi connectivity index (χ2n) is 5.27. The predicted octanol–water partition coefficient (Wildman–Crippen LogP) is 2.50. The van der Waals surface area contributed by atoms with E-state index in [9.17, 15) is 9.90 Å². The Hall–Kier alpha value is -1.49. The van der Waals surface area contributed by atoms with Gasteiger partial charge in [0.25, 0.3) is 0 Å². The molecule has 2 aromatic rings. The maximum atomic E-state index is 11.2. The van der Waals surface area contributed by atoms with Crippen LogP contribution in [0, 0.1) is 0 Å². The summed E-state index contributed by atoms with van der Waals surface area (Å²) in [5.41, 5.74) is 2.40. The molecule has 0 aliphatic rings. The number of rotatable bonds is 3. The molecule has 0 saturated heterocycles. The van der Waals surface area contributed by atoms with Gasteiger partial charge in [-0.3, -0.25) is 0 Å². The molecule has 1 N–H and O–H groups in total. The van der Waals surface area contributed by atoms with Crippen LogP contribution in [0.25, 0.3) is 0 Å². The van der Waals surface area contributed by atoms with Gasteiger partial charge in [-0.15, -0.1) is 0 Å². The van der Waals surface area contributed by atoms with E-state index in [1.54, 1.807) is 6.07 Å². The first kappa shape index (κ1) is 13.9. The van der Waals surface area contributed by atoms with Crippen LogP contribution in [-0.2, 0) is 5.41 Å². The molecular weight excluding hydrogens is 231 g/mol. The van der Waals surface area contributed by atoms with E-state index in [1.165, 1.54) is 5.56 Å². The first-order chi connectivity index (χ1) is 8.94. The van der Waals surface area contributed by atoms with Crippen LogP contribution in [0.5, 0.6) is 0 Å². The fourth-order valence-corrected chi connectivity index (χ4v) is 2.55. The zero-order chi connectivity index (χ0) is 14.0. The molecule has 0 atom stereocenters. The van der Waals surface area contributed by atoms with E-state index in [-0.39, 0.29) is 5.41 Å². The predicted molar refractivity (Wildman–Crippen MR) is 77.4 cm³/mol. The van der Waals surface area contributed by atoms with Crippen LogP contribution in [0.4, 0.5) is 0 Å². The van der Waals surface area contributed by atoms with Crippen LogP contribution in [-0.4, -0.2) is 28.8 Å². The SMILES string of the molecule is [Li][c]1c(C(=O)O)cccc1C(C)(C)c1ccccc1. The van der Waals surface area contributed by atoms with Gasteiger partial charge in [-0.1, -0.05) is 0 Å². The molecular formula is C16H15LiO2. The Labute approximate surface area is 122 Å². The zero-order valence-corrected chi connectivity index (χ0v) is 11.5. The average molecular weight is 246 g/mol. The van der Waals surface area contributed by atoms with Gasteiger partial charge in [0, 0.05) is 0 Å². The number of hydrogen-bond donors (Lipinski definition) is 1. The van der Waals surface area contributed by atoms with Crippen LogP contribution >= 0.6 is 0 Å². The molecule has 0 aromatic heterocycles. The molecule has 0 unspecified atom stereocenters. The number of carboxylic acids is 1. The van der Waals surface area contributed by atoms with E-state index in [0.717, 1.165) is 9.80 Å². The first-order valence-electron chi connectivity index (χ1n) is 6.33. The summed E-state index contributed by atoms with van der Waals surface area (Å²) in [6, 6.07) is 15.6. The Morgan fingerprint density at radius 2 is 1.68 bits per heavy atom. The second kappa shape index (κ2) is 5.25. The third kappa shape index (κ3) is 2.61. The van der Waals surface area contributed by atoms with E-state index in [4.69, 9.17) is 0 Å². The Bertz CT molecular complexity index is 603. The molecule has 0 fully saturated rings. The molecule has 2 nitrogen and oxygen atoms in total. The molecule has 92 valence electrons. The van der Waals surface area contributed by atoms with Crippen molar-refractivity contribution in [2.24, 2.45) is 0 Å². The summed E-state index contributed by atoms with van der Waals surface area (Å²) in [6.07, 6.45) is 0. The molecule has 0 spiro atoms. The number of aromatic carboxylic acids is 1. The van der Waals surface area contributed by atoms with Gasteiger partial charge in [0.1, 0.15) is 0 Å². The molecule has 0 radical (unpaired) electrons. The number of hydrogen-bond acceptors (Lipinski definition) is 1. The summed E-state index contributed by atoms with van der Waals surface area (Å²) < 4.78 is 0.837. The van der Waals surface area contributed by atoms with Gasteiger partial charge in [0.2, 0.25) is 0 Å². The van der Waals surface area contributed by atoms with Crippen molar-refractivity contribution in [2.45, 2.75) is 19.3 Å². The zero-order valence-electron chi connectivity index (χ0n) is 11.5. The van der Waals surface area contributed by atoms with Crippen molar-refractivity contribution in [3.63, 3.8) is 0 Å². The minimum atomic E-state index is -0.872. The molecule has 0 bridgehead atoms. The number of benzene rings is 2. The maximum absolute atomic E-state index is 11.2. The van der Waals surface area contributed by atoms with E-state index < -0.39 is 5.97 Å². The van der Waals surface area contributed by atoms with Gasteiger partial charge in [0.15, 0.2) is 0 Å². The van der Waals surface area contributed by atoms with Gasteiger partial charge in [-0.25, -0.2) is 0 Å². The van der Waals surface area contributed by atoms with Gasteiger partial charge in [0.05, 0.1) is 0 Å². The number of carbonyl (C=O) groups is 1. The van der Waals surface area contributed by atoms with E-state index in [2.05, 4.69) is 26.0 Å². The van der Waals surface area contributed by atoms with Gasteiger partial charge < -0.3 is 0 Å². The summed E-state index contributed by atoms with van der Waals surface area (Å²) >= 11 is 1.88. The fourth-order valence-electron chi connectivity index (χ4n) is 2.55. The molecule has 0 saturated carbocycles. The third-order valence-electron chi connectivity index (χ3n) is 3.73. The van der Waals surface area contributed by atoms with Crippen LogP contribution in [0.3, 0.4) is 0 Å². The normalized spacial score (nSPS) is 11.4. The summed E-state index contributed by atoms with van der Waals surface area (Å²) in [5.74, 6) is -0.872. The van der Waals surface area contributed by atoms with Gasteiger partial charge in [-0.2, -0.15) is 0 Å². The van der Waals surface area contributed by atoms with Crippen LogP contribution in [0.15, 0.2) is 48.5 Å². The standard InChI is InChI=1S/C16H15O2.Li/c1-16(2,13-8-4-3-5-9-13)14-10-6-7-12(11-14)15(17)18;/h3-10H,1-2H3,(H,17,18);. The third-order valence-corrected chi connectivity index (χ3v) is 3.73. The molecule has 0 aliphatic heterocycles. The van der Waals surface area contributed by atoms with Crippen LogP contribution < -0.4 is 4.24 Å². The Morgan fingerprint density at radius 1 is 1.05 bits per heavy atom. The van der Waals surface area contributed by atoms with Crippen LogP contribution in [0.1, 0.15) is 35.3 Å². The van der Waals surface area contributed by atoms with Crippen molar-refractivity contribution in [3.8, 4) is 0 Å². The fraction of sp³-hybridized carbons (Fsp3) is 0.188. The molecule has 0 amide bonds. The monoisotopic (exact) mass is 246 g/mol. The van der Waals surface area contributed by atoms with Crippen molar-refractivity contribution in [3.05, 3.63) is 65.2 Å². The summed E-state index contributed by atoms with van der Waals surface area (Å²) in [5, 5.41) is 9.23. The Morgan fingerprint density at radius 3 is 2.26 bits per heavy atom. The summed E-state index contributed by atoms with van der Waals surface area (Å²) in [4.78, 5) is 11.2. The van der Waals surface area contributed by atoms with Crippen molar-refractivity contribution in [1.82, 2.24) is 0 Å². The summed E-state index contributed by atoms with van der Waals surface area (Å²) in [6.45, 7) is 4.24. The van der Waals surface area contributed by atoms with Crippen LogP contribution in [0.2, 0.25) is 0 Å². The molecule has 0 aliphatic carbocycles. The van der Waals surface area contributed by atoms with Gasteiger partial charge in [-0.05, 0) is 0 Å². The Balaban J connectivity index is 2.59. The van der Waals surface area contributed by atoms with Crippen molar-refractivity contribution in [1.29, 1.82) is 0 Å². The van der Waals surface area contributed by atoms with E-state index in [0.29, 0.717) is 5.56 Å². The Kier molecular flexibility index (Phi) is 3.85. The molecule has 3 heteroatoms. The first-order valence-corrected chi connectivity index (χ1v) is 6.33. The number of carboxylic acid groups (broad SMARTS) is 1. The topological polar surface area (TPSA) is 37.3 Å². The van der Waals surface area contributed by atoms with Gasteiger partial charge >= 0.3 is 122 Å². The molecule has 0 heterocycles. The molecule has 2 aromatic carbocycles. The van der Waals surface area contributed by atoms with E-state index >= 15 is 0 Å². The quantitative estimate of drug-likeness (QED) is 0.845. The second-order valence-corrected chi connectivity index (χ2v) is 5.27. The molecule has 2 rings (SSSR count). The van der Waals surface area contributed by atoms with Crippen molar-refractivity contribution >= 4 is 27.9 Å². The minimum absolute atomic E-state index is 0.212. The average Bonchev–Trinajstić information content (AvgIpc) is 2.39.